The van der Waals surface area contributed by atoms with E-state index in [4.69, 9.17) is 16.3 Å². The SMILES string of the molecule is CNc1ncc2cc(-c3ccnc(NS(=O)(=O)c4cc(Cl)cnc4OC)c3F)c(NC)nc2n1. The van der Waals surface area contributed by atoms with Crippen LogP contribution < -0.4 is 20.1 Å². The lowest BCUT2D eigenvalue weighted by molar-refractivity contribution is 0.385. The van der Waals surface area contributed by atoms with Gasteiger partial charge in [0.2, 0.25) is 11.8 Å². The molecular weight excluding hydrogens is 487 g/mol. The minimum absolute atomic E-state index is 0.0559. The predicted octanol–water partition coefficient (Wildman–Crippen LogP) is 3.17. The number of ether oxygens (including phenoxy) is 1. The maximum Gasteiger partial charge on any atom is 0.268 e. The Hall–Kier alpha value is -3.84. The zero-order valence-electron chi connectivity index (χ0n) is 18.1. The van der Waals surface area contributed by atoms with E-state index in [1.54, 1.807) is 26.4 Å². The summed E-state index contributed by atoms with van der Waals surface area (Å²) in [5.74, 6) is -0.931. The van der Waals surface area contributed by atoms with E-state index in [0.717, 1.165) is 6.07 Å². The molecule has 0 aliphatic carbocycles. The van der Waals surface area contributed by atoms with E-state index in [-0.39, 0.29) is 21.4 Å². The normalized spacial score (nSPS) is 11.3. The molecular formula is C20H18ClFN8O3S. The van der Waals surface area contributed by atoms with Gasteiger partial charge in [0.1, 0.15) is 5.82 Å². The number of hydrogen-bond donors (Lipinski definition) is 3. The smallest absolute Gasteiger partial charge is 0.268 e. The summed E-state index contributed by atoms with van der Waals surface area (Å²) in [4.78, 5) is 20.2. The second kappa shape index (κ2) is 9.19. The minimum atomic E-state index is -4.34. The molecule has 0 radical (unpaired) electrons. The van der Waals surface area contributed by atoms with Crippen molar-refractivity contribution in [3.8, 4) is 17.0 Å². The molecule has 34 heavy (non-hydrogen) atoms. The van der Waals surface area contributed by atoms with E-state index in [2.05, 4.69) is 40.3 Å². The number of halogens is 2. The highest BCUT2D eigenvalue weighted by atomic mass is 35.5. The van der Waals surface area contributed by atoms with Crippen LogP contribution >= 0.6 is 11.6 Å². The lowest BCUT2D eigenvalue weighted by atomic mass is 10.1. The Morgan fingerprint density at radius 2 is 1.79 bits per heavy atom. The standard InChI is InChI=1S/C20H18ClFN8O3S/c1-23-17-13(6-10-8-27-20(24-2)29-16(10)28-17)12-4-5-25-18(15(12)22)30-34(31,32)14-7-11(21)9-26-19(14)33-3/h4-9H,1-3H3,(H,25,30)(H2,23,24,27,28,29). The largest absolute Gasteiger partial charge is 0.480 e. The van der Waals surface area contributed by atoms with Crippen LogP contribution in [-0.2, 0) is 10.0 Å². The number of aromatic nitrogens is 5. The Labute approximate surface area is 198 Å². The van der Waals surface area contributed by atoms with Gasteiger partial charge in [-0.2, -0.15) is 4.98 Å². The van der Waals surface area contributed by atoms with Crippen LogP contribution in [-0.4, -0.2) is 54.5 Å². The molecule has 0 saturated carbocycles. The second-order valence-corrected chi connectivity index (χ2v) is 8.87. The Kier molecular flexibility index (Phi) is 6.30. The Morgan fingerprint density at radius 1 is 1.00 bits per heavy atom. The van der Waals surface area contributed by atoms with Crippen molar-refractivity contribution in [1.82, 2.24) is 24.9 Å². The summed E-state index contributed by atoms with van der Waals surface area (Å²) in [6.45, 7) is 0. The van der Waals surface area contributed by atoms with Gasteiger partial charge < -0.3 is 15.4 Å². The molecule has 4 aromatic heterocycles. The monoisotopic (exact) mass is 504 g/mol. The molecule has 14 heteroatoms. The van der Waals surface area contributed by atoms with Crippen LogP contribution in [0.5, 0.6) is 5.88 Å². The van der Waals surface area contributed by atoms with Gasteiger partial charge >= 0.3 is 0 Å². The highest BCUT2D eigenvalue weighted by molar-refractivity contribution is 7.92. The summed E-state index contributed by atoms with van der Waals surface area (Å²) >= 11 is 5.89. The fourth-order valence-corrected chi connectivity index (χ4v) is 4.52. The fraction of sp³-hybridized carbons (Fsp3) is 0.150. The lowest BCUT2D eigenvalue weighted by Crippen LogP contribution is -2.17. The van der Waals surface area contributed by atoms with E-state index in [9.17, 15) is 8.42 Å². The van der Waals surface area contributed by atoms with Crippen molar-refractivity contribution in [2.24, 2.45) is 0 Å². The number of hydrogen-bond acceptors (Lipinski definition) is 10. The first kappa shape index (κ1) is 23.3. The first-order valence-electron chi connectivity index (χ1n) is 9.68. The third-order valence-corrected chi connectivity index (χ3v) is 6.25. The first-order chi connectivity index (χ1) is 16.3. The highest BCUT2D eigenvalue weighted by Gasteiger charge is 2.25. The molecule has 0 amide bonds. The van der Waals surface area contributed by atoms with Crippen molar-refractivity contribution >= 4 is 50.2 Å². The van der Waals surface area contributed by atoms with Crippen LogP contribution in [0, 0.1) is 5.82 Å². The molecule has 0 fully saturated rings. The Bertz CT molecular complexity index is 1500. The van der Waals surface area contributed by atoms with Crippen molar-refractivity contribution in [3.05, 3.63) is 47.6 Å². The number of fused-ring (bicyclic) bond motifs is 1. The van der Waals surface area contributed by atoms with E-state index in [1.165, 1.54) is 25.6 Å². The topological polar surface area (TPSA) is 144 Å². The van der Waals surface area contributed by atoms with Gasteiger partial charge in [0.15, 0.2) is 22.2 Å². The van der Waals surface area contributed by atoms with Gasteiger partial charge in [0.05, 0.1) is 12.1 Å². The molecule has 0 saturated heterocycles. The summed E-state index contributed by atoms with van der Waals surface area (Å²) in [5, 5.41) is 6.36. The van der Waals surface area contributed by atoms with Gasteiger partial charge in [0.25, 0.3) is 10.0 Å². The molecule has 0 aliphatic rings. The number of nitrogens with one attached hydrogen (secondary N) is 3. The second-order valence-electron chi connectivity index (χ2n) is 6.78. The summed E-state index contributed by atoms with van der Waals surface area (Å²) < 4.78 is 48.6. The molecule has 11 nitrogen and oxygen atoms in total. The highest BCUT2D eigenvalue weighted by Crippen LogP contribution is 2.34. The van der Waals surface area contributed by atoms with Crippen molar-refractivity contribution < 1.29 is 17.5 Å². The van der Waals surface area contributed by atoms with Crippen LogP contribution in [0.3, 0.4) is 0 Å². The van der Waals surface area contributed by atoms with Crippen molar-refractivity contribution in [2.75, 3.05) is 36.6 Å². The number of nitrogens with zero attached hydrogens (tertiary/aromatic N) is 5. The number of methoxy groups -OCH3 is 1. The van der Waals surface area contributed by atoms with E-state index >= 15 is 4.39 Å². The molecule has 3 N–H and O–H groups in total. The lowest BCUT2D eigenvalue weighted by Gasteiger charge is -2.14. The molecule has 0 aromatic carbocycles. The predicted molar refractivity (Wildman–Crippen MR) is 126 cm³/mol. The van der Waals surface area contributed by atoms with Crippen LogP contribution in [0.15, 0.2) is 41.7 Å². The van der Waals surface area contributed by atoms with E-state index in [0.29, 0.717) is 28.4 Å². The zero-order chi connectivity index (χ0) is 24.5. The maximum atomic E-state index is 15.5. The molecule has 176 valence electrons. The van der Waals surface area contributed by atoms with Crippen LogP contribution in [0.1, 0.15) is 0 Å². The number of anilines is 3. The van der Waals surface area contributed by atoms with Crippen LogP contribution in [0.2, 0.25) is 5.02 Å². The average molecular weight is 505 g/mol. The van der Waals surface area contributed by atoms with E-state index < -0.39 is 21.7 Å². The molecule has 0 bridgehead atoms. The average Bonchev–Trinajstić information content (AvgIpc) is 2.84. The van der Waals surface area contributed by atoms with Crippen LogP contribution in [0.4, 0.5) is 22.0 Å². The molecule has 4 aromatic rings. The first-order valence-corrected chi connectivity index (χ1v) is 11.5. The van der Waals surface area contributed by atoms with E-state index in [1.807, 2.05) is 0 Å². The molecule has 0 atom stereocenters. The number of pyridine rings is 3. The molecule has 4 heterocycles. The molecule has 0 spiro atoms. The Balaban J connectivity index is 1.80. The Morgan fingerprint density at radius 3 is 2.50 bits per heavy atom. The van der Waals surface area contributed by atoms with Crippen molar-refractivity contribution in [2.45, 2.75) is 4.90 Å². The van der Waals surface area contributed by atoms with Gasteiger partial charge in [-0.3, -0.25) is 4.72 Å². The third-order valence-electron chi connectivity index (χ3n) is 4.71. The van der Waals surface area contributed by atoms with Gasteiger partial charge in [-0.25, -0.2) is 32.7 Å². The van der Waals surface area contributed by atoms with Crippen LogP contribution in [0.25, 0.3) is 22.2 Å². The summed E-state index contributed by atoms with van der Waals surface area (Å²) in [7, 11) is 0.216. The number of rotatable bonds is 7. The molecule has 0 aliphatic heterocycles. The van der Waals surface area contributed by atoms with Gasteiger partial charge in [-0.05, 0) is 18.2 Å². The third kappa shape index (κ3) is 4.34. The summed E-state index contributed by atoms with van der Waals surface area (Å²) in [6.07, 6.45) is 4.05. The van der Waals surface area contributed by atoms with Gasteiger partial charge in [0, 0.05) is 49.2 Å². The summed E-state index contributed by atoms with van der Waals surface area (Å²) in [5.41, 5.74) is 0.807. The minimum Gasteiger partial charge on any atom is -0.480 e. The van der Waals surface area contributed by atoms with Gasteiger partial charge in [-0.1, -0.05) is 11.6 Å². The van der Waals surface area contributed by atoms with Gasteiger partial charge in [-0.15, -0.1) is 0 Å². The molecule has 4 rings (SSSR count). The van der Waals surface area contributed by atoms with Crippen molar-refractivity contribution in [1.29, 1.82) is 0 Å². The molecule has 0 unspecified atom stereocenters. The quantitative estimate of drug-likeness (QED) is 0.343. The fourth-order valence-electron chi connectivity index (χ4n) is 3.14. The number of sulfonamides is 1. The summed E-state index contributed by atoms with van der Waals surface area (Å²) in [6, 6.07) is 4.19. The van der Waals surface area contributed by atoms with Crippen molar-refractivity contribution in [3.63, 3.8) is 0 Å². The maximum absolute atomic E-state index is 15.5. The zero-order valence-corrected chi connectivity index (χ0v) is 19.7.